The first-order valence-corrected chi connectivity index (χ1v) is 11.6. The van der Waals surface area contributed by atoms with Crippen LogP contribution in [0.1, 0.15) is 44.9 Å². The van der Waals surface area contributed by atoms with E-state index in [2.05, 4.69) is 16.0 Å². The summed E-state index contributed by atoms with van der Waals surface area (Å²) in [7, 11) is 0. The summed E-state index contributed by atoms with van der Waals surface area (Å²) in [4.78, 5) is 52.8. The summed E-state index contributed by atoms with van der Waals surface area (Å²) < 4.78 is 13.2. The second kappa shape index (κ2) is 9.76. The summed E-state index contributed by atoms with van der Waals surface area (Å²) in [6.45, 7) is 1.60. The number of hydrogen-bond acceptors (Lipinski definition) is 4. The van der Waals surface area contributed by atoms with Crippen LogP contribution < -0.4 is 16.0 Å². The average molecular weight is 460 g/mol. The average Bonchev–Trinajstić information content (AvgIpc) is 3.35. The number of halogens is 1. The van der Waals surface area contributed by atoms with Crippen LogP contribution in [0.5, 0.6) is 0 Å². The fourth-order valence-corrected chi connectivity index (χ4v) is 5.00. The topological polar surface area (TPSA) is 111 Å². The van der Waals surface area contributed by atoms with Gasteiger partial charge in [-0.1, -0.05) is 18.9 Å². The Balaban J connectivity index is 1.22. The van der Waals surface area contributed by atoms with E-state index in [1.165, 1.54) is 23.1 Å². The molecular formula is C23H30FN5O4. The van der Waals surface area contributed by atoms with Crippen LogP contribution in [0, 0.1) is 11.7 Å². The first-order chi connectivity index (χ1) is 15.9. The molecule has 10 heteroatoms. The number of carbonyl (C=O) groups is 4. The Labute approximate surface area is 192 Å². The quantitative estimate of drug-likeness (QED) is 0.568. The van der Waals surface area contributed by atoms with Crippen molar-refractivity contribution < 1.29 is 23.6 Å². The number of imide groups is 1. The van der Waals surface area contributed by atoms with Crippen molar-refractivity contribution in [3.63, 3.8) is 0 Å². The third kappa shape index (κ3) is 5.26. The van der Waals surface area contributed by atoms with E-state index in [9.17, 15) is 23.6 Å². The second-order valence-electron chi connectivity index (χ2n) is 9.12. The Morgan fingerprint density at radius 3 is 2.73 bits per heavy atom. The van der Waals surface area contributed by atoms with E-state index in [1.807, 2.05) is 0 Å². The first kappa shape index (κ1) is 23.0. The molecule has 1 atom stereocenters. The van der Waals surface area contributed by atoms with Crippen molar-refractivity contribution in [3.05, 3.63) is 30.1 Å². The molecule has 1 saturated carbocycles. The largest absolute Gasteiger partial charge is 0.342 e. The van der Waals surface area contributed by atoms with Gasteiger partial charge < -0.3 is 20.9 Å². The van der Waals surface area contributed by atoms with Gasteiger partial charge in [0, 0.05) is 38.3 Å². The van der Waals surface area contributed by atoms with Crippen molar-refractivity contribution in [3.8, 4) is 0 Å². The highest BCUT2D eigenvalue weighted by atomic mass is 19.1. The molecule has 33 heavy (non-hydrogen) atoms. The lowest BCUT2D eigenvalue weighted by molar-refractivity contribution is -0.134. The van der Waals surface area contributed by atoms with Crippen LogP contribution in [0.2, 0.25) is 0 Å². The predicted octanol–water partition coefficient (Wildman–Crippen LogP) is 2.44. The van der Waals surface area contributed by atoms with Gasteiger partial charge in [0.15, 0.2) is 0 Å². The van der Waals surface area contributed by atoms with Crippen molar-refractivity contribution in [1.82, 2.24) is 20.4 Å². The number of likely N-dealkylation sites (tertiary alicyclic amines) is 1. The molecule has 3 aliphatic rings. The molecule has 1 unspecified atom stereocenters. The van der Waals surface area contributed by atoms with Crippen LogP contribution in [-0.2, 0) is 9.59 Å². The van der Waals surface area contributed by atoms with Crippen LogP contribution in [-0.4, -0.2) is 65.4 Å². The Morgan fingerprint density at radius 2 is 1.97 bits per heavy atom. The van der Waals surface area contributed by atoms with Gasteiger partial charge in [0.25, 0.3) is 5.91 Å². The molecule has 2 aliphatic heterocycles. The number of piperidine rings is 1. The molecule has 0 radical (unpaired) electrons. The Morgan fingerprint density at radius 1 is 1.18 bits per heavy atom. The molecule has 0 bridgehead atoms. The van der Waals surface area contributed by atoms with Crippen molar-refractivity contribution in [2.45, 2.75) is 50.5 Å². The minimum absolute atomic E-state index is 0.0840. The molecule has 178 valence electrons. The van der Waals surface area contributed by atoms with E-state index < -0.39 is 23.4 Å². The highest BCUT2D eigenvalue weighted by Gasteiger charge is 2.52. The van der Waals surface area contributed by atoms with Crippen LogP contribution >= 0.6 is 0 Å². The fourth-order valence-electron chi connectivity index (χ4n) is 5.00. The number of urea groups is 2. The monoisotopic (exact) mass is 459 g/mol. The summed E-state index contributed by atoms with van der Waals surface area (Å²) in [5, 5.41) is 8.20. The summed E-state index contributed by atoms with van der Waals surface area (Å²) in [6.07, 6.45) is 4.95. The van der Waals surface area contributed by atoms with E-state index in [-0.39, 0.29) is 30.7 Å². The second-order valence-corrected chi connectivity index (χ2v) is 9.12. The summed E-state index contributed by atoms with van der Waals surface area (Å²) >= 11 is 0. The standard InChI is InChI=1S/C23H30FN5O4/c24-17-6-3-7-18(13-17)26-21(32)25-14-16-5-4-11-28(15-16)19(30)8-12-29-20(31)23(27-22(29)33)9-1-2-10-23/h3,6-7,13,16H,1-2,4-5,8-12,14-15H2,(H,27,33)(H2,25,26,32). The van der Waals surface area contributed by atoms with Gasteiger partial charge in [-0.15, -0.1) is 0 Å². The molecule has 6 amide bonds. The van der Waals surface area contributed by atoms with Gasteiger partial charge in [-0.2, -0.15) is 0 Å². The minimum Gasteiger partial charge on any atom is -0.342 e. The van der Waals surface area contributed by atoms with Crippen LogP contribution in [0.15, 0.2) is 24.3 Å². The maximum Gasteiger partial charge on any atom is 0.325 e. The zero-order valence-electron chi connectivity index (χ0n) is 18.6. The number of rotatable bonds is 6. The molecule has 3 N–H and O–H groups in total. The van der Waals surface area contributed by atoms with Gasteiger partial charge >= 0.3 is 12.1 Å². The predicted molar refractivity (Wildman–Crippen MR) is 119 cm³/mol. The third-order valence-electron chi connectivity index (χ3n) is 6.76. The normalized spacial score (nSPS) is 21.9. The van der Waals surface area contributed by atoms with Gasteiger partial charge in [0.2, 0.25) is 5.91 Å². The number of hydrogen-bond donors (Lipinski definition) is 3. The van der Waals surface area contributed by atoms with Gasteiger partial charge in [0.05, 0.1) is 0 Å². The smallest absolute Gasteiger partial charge is 0.325 e. The molecule has 1 spiro atoms. The molecule has 2 heterocycles. The number of benzene rings is 1. The molecule has 1 aromatic carbocycles. The van der Waals surface area contributed by atoms with E-state index in [0.29, 0.717) is 38.2 Å². The van der Waals surface area contributed by atoms with Crippen molar-refractivity contribution in [2.75, 3.05) is 31.5 Å². The lowest BCUT2D eigenvalue weighted by atomic mass is 9.97. The van der Waals surface area contributed by atoms with Crippen molar-refractivity contribution in [1.29, 1.82) is 0 Å². The van der Waals surface area contributed by atoms with Gasteiger partial charge in [-0.05, 0) is 49.8 Å². The van der Waals surface area contributed by atoms with E-state index >= 15 is 0 Å². The third-order valence-corrected chi connectivity index (χ3v) is 6.76. The van der Waals surface area contributed by atoms with Crippen LogP contribution in [0.25, 0.3) is 0 Å². The zero-order valence-corrected chi connectivity index (χ0v) is 18.6. The maximum atomic E-state index is 13.2. The maximum absolute atomic E-state index is 13.2. The highest BCUT2D eigenvalue weighted by Crippen LogP contribution is 2.35. The van der Waals surface area contributed by atoms with Crippen LogP contribution in [0.3, 0.4) is 0 Å². The minimum atomic E-state index is -0.756. The molecule has 9 nitrogen and oxygen atoms in total. The molecule has 1 aliphatic carbocycles. The van der Waals surface area contributed by atoms with E-state index in [0.717, 1.165) is 25.7 Å². The summed E-state index contributed by atoms with van der Waals surface area (Å²) in [5.74, 6) is -0.639. The lowest BCUT2D eigenvalue weighted by Crippen LogP contribution is -2.46. The van der Waals surface area contributed by atoms with Crippen LogP contribution in [0.4, 0.5) is 19.7 Å². The zero-order chi connectivity index (χ0) is 23.4. The van der Waals surface area contributed by atoms with Gasteiger partial charge in [0.1, 0.15) is 11.4 Å². The van der Waals surface area contributed by atoms with Crippen molar-refractivity contribution >= 4 is 29.6 Å². The Kier molecular flexibility index (Phi) is 6.80. The molecule has 2 saturated heterocycles. The molecule has 3 fully saturated rings. The lowest BCUT2D eigenvalue weighted by Gasteiger charge is -2.33. The molecular weight excluding hydrogens is 429 g/mol. The number of nitrogens with zero attached hydrogens (tertiary/aromatic N) is 2. The summed E-state index contributed by atoms with van der Waals surface area (Å²) in [5.41, 5.74) is -0.387. The Hall–Kier alpha value is -3.17. The fraction of sp³-hybridized carbons (Fsp3) is 0.565. The number of carbonyl (C=O) groups excluding carboxylic acids is 4. The molecule has 1 aromatic rings. The first-order valence-electron chi connectivity index (χ1n) is 11.6. The van der Waals surface area contributed by atoms with Crippen molar-refractivity contribution in [2.24, 2.45) is 5.92 Å². The molecule has 4 rings (SSSR count). The SMILES string of the molecule is O=C(NCC1CCCN(C(=O)CCN2C(=O)NC3(CCCC3)C2=O)C1)Nc1cccc(F)c1. The Bertz CT molecular complexity index is 933. The van der Waals surface area contributed by atoms with E-state index in [1.54, 1.807) is 11.0 Å². The summed E-state index contributed by atoms with van der Waals surface area (Å²) in [6, 6.07) is 4.82. The number of amides is 6. The van der Waals surface area contributed by atoms with E-state index in [4.69, 9.17) is 0 Å². The number of nitrogens with one attached hydrogen (secondary N) is 3. The number of anilines is 1. The van der Waals surface area contributed by atoms with Gasteiger partial charge in [-0.25, -0.2) is 14.0 Å². The highest BCUT2D eigenvalue weighted by molar-refractivity contribution is 6.07. The van der Waals surface area contributed by atoms with Gasteiger partial charge in [-0.3, -0.25) is 14.5 Å². The molecule has 0 aromatic heterocycles.